The van der Waals surface area contributed by atoms with Crippen molar-refractivity contribution in [1.82, 2.24) is 10.2 Å². The van der Waals surface area contributed by atoms with Crippen LogP contribution in [0.4, 0.5) is 0 Å². The zero-order valence-electron chi connectivity index (χ0n) is 12.2. The van der Waals surface area contributed by atoms with Gasteiger partial charge in [-0.15, -0.1) is 0 Å². The van der Waals surface area contributed by atoms with Crippen LogP contribution in [0.15, 0.2) is 18.2 Å². The van der Waals surface area contributed by atoms with Crippen molar-refractivity contribution in [2.24, 2.45) is 0 Å². The number of aryl methyl sites for hydroxylation is 2. The Kier molecular flexibility index (Phi) is 5.67. The summed E-state index contributed by atoms with van der Waals surface area (Å²) >= 11 is 0. The van der Waals surface area contributed by atoms with Crippen LogP contribution in [0.2, 0.25) is 0 Å². The molecule has 0 bridgehead atoms. The highest BCUT2D eigenvalue weighted by atomic mass is 16.5. The number of methoxy groups -OCH3 is 1. The van der Waals surface area contributed by atoms with Gasteiger partial charge in [0, 0.05) is 26.2 Å². The first-order valence-corrected chi connectivity index (χ1v) is 7.36. The number of hydrogen-bond acceptors (Lipinski definition) is 3. The largest absolute Gasteiger partial charge is 0.496 e. The summed E-state index contributed by atoms with van der Waals surface area (Å²) in [6, 6.07) is 6.53. The third-order valence-electron chi connectivity index (χ3n) is 3.86. The van der Waals surface area contributed by atoms with Crippen LogP contribution in [-0.2, 0) is 6.42 Å². The smallest absolute Gasteiger partial charge is 0.121 e. The Morgan fingerprint density at radius 2 is 2.00 bits per heavy atom. The summed E-state index contributed by atoms with van der Waals surface area (Å²) in [7, 11) is 1.73. The molecule has 3 nitrogen and oxygen atoms in total. The molecule has 106 valence electrons. The second kappa shape index (κ2) is 7.51. The lowest BCUT2D eigenvalue weighted by Crippen LogP contribution is -2.43. The first-order chi connectivity index (χ1) is 9.29. The van der Waals surface area contributed by atoms with Gasteiger partial charge >= 0.3 is 0 Å². The van der Waals surface area contributed by atoms with Crippen LogP contribution in [-0.4, -0.2) is 44.7 Å². The van der Waals surface area contributed by atoms with Crippen molar-refractivity contribution in [2.75, 3.05) is 39.8 Å². The molecule has 1 fully saturated rings. The van der Waals surface area contributed by atoms with Gasteiger partial charge in [-0.2, -0.15) is 0 Å². The summed E-state index contributed by atoms with van der Waals surface area (Å²) in [5.74, 6) is 0.990. The molecule has 1 saturated heterocycles. The fourth-order valence-corrected chi connectivity index (χ4v) is 2.70. The minimum Gasteiger partial charge on any atom is -0.496 e. The van der Waals surface area contributed by atoms with Crippen molar-refractivity contribution in [2.45, 2.75) is 26.2 Å². The fraction of sp³-hybridized carbons (Fsp3) is 0.625. The number of rotatable bonds is 6. The van der Waals surface area contributed by atoms with Crippen molar-refractivity contribution >= 4 is 0 Å². The van der Waals surface area contributed by atoms with Crippen molar-refractivity contribution < 1.29 is 4.74 Å². The van der Waals surface area contributed by atoms with Gasteiger partial charge in [-0.05, 0) is 49.9 Å². The molecule has 0 aromatic heterocycles. The van der Waals surface area contributed by atoms with Gasteiger partial charge in [0.1, 0.15) is 5.75 Å². The minimum atomic E-state index is 0.990. The third-order valence-corrected chi connectivity index (χ3v) is 3.86. The van der Waals surface area contributed by atoms with Gasteiger partial charge in [0.15, 0.2) is 0 Å². The van der Waals surface area contributed by atoms with Gasteiger partial charge in [-0.1, -0.05) is 12.1 Å². The Balaban J connectivity index is 1.69. The van der Waals surface area contributed by atoms with Gasteiger partial charge in [0.2, 0.25) is 0 Å². The molecule has 0 atom stereocenters. The predicted molar refractivity (Wildman–Crippen MR) is 80.0 cm³/mol. The van der Waals surface area contributed by atoms with Crippen LogP contribution in [0.25, 0.3) is 0 Å². The van der Waals surface area contributed by atoms with E-state index in [9.17, 15) is 0 Å². The van der Waals surface area contributed by atoms with Crippen LogP contribution >= 0.6 is 0 Å². The van der Waals surface area contributed by atoms with E-state index in [1.165, 1.54) is 50.0 Å². The molecule has 0 radical (unpaired) electrons. The number of nitrogens with zero attached hydrogens (tertiary/aromatic N) is 1. The normalized spacial score (nSPS) is 16.5. The average Bonchev–Trinajstić information content (AvgIpc) is 2.45. The molecule has 2 rings (SSSR count). The molecule has 0 saturated carbocycles. The van der Waals surface area contributed by atoms with E-state index in [4.69, 9.17) is 4.74 Å². The minimum absolute atomic E-state index is 0.990. The summed E-state index contributed by atoms with van der Waals surface area (Å²) in [5.41, 5.74) is 2.67. The summed E-state index contributed by atoms with van der Waals surface area (Å²) < 4.78 is 5.29. The number of benzene rings is 1. The first kappa shape index (κ1) is 14.4. The van der Waals surface area contributed by atoms with E-state index >= 15 is 0 Å². The molecular formula is C16H26N2O. The maximum Gasteiger partial charge on any atom is 0.121 e. The summed E-state index contributed by atoms with van der Waals surface area (Å²) in [6.07, 6.45) is 3.75. The SMILES string of the molecule is COc1ccc(CCCCN2CCNCC2)cc1C. The van der Waals surface area contributed by atoms with Gasteiger partial charge in [-0.3, -0.25) is 0 Å². The number of hydrogen-bond donors (Lipinski definition) is 1. The molecule has 0 amide bonds. The van der Waals surface area contributed by atoms with Gasteiger partial charge in [0.05, 0.1) is 7.11 Å². The van der Waals surface area contributed by atoms with Crippen LogP contribution < -0.4 is 10.1 Å². The van der Waals surface area contributed by atoms with Gasteiger partial charge in [-0.25, -0.2) is 0 Å². The van der Waals surface area contributed by atoms with E-state index in [1.807, 2.05) is 0 Å². The Labute approximate surface area is 116 Å². The lowest BCUT2D eigenvalue weighted by molar-refractivity contribution is 0.237. The van der Waals surface area contributed by atoms with Gasteiger partial charge < -0.3 is 15.0 Å². The van der Waals surface area contributed by atoms with E-state index in [-0.39, 0.29) is 0 Å². The van der Waals surface area contributed by atoms with Crippen molar-refractivity contribution in [3.8, 4) is 5.75 Å². The van der Waals surface area contributed by atoms with Crippen molar-refractivity contribution in [1.29, 1.82) is 0 Å². The quantitative estimate of drug-likeness (QED) is 0.796. The molecule has 1 aliphatic rings. The van der Waals surface area contributed by atoms with E-state index in [0.717, 1.165) is 18.8 Å². The van der Waals surface area contributed by atoms with Crippen LogP contribution in [0.3, 0.4) is 0 Å². The van der Waals surface area contributed by atoms with Gasteiger partial charge in [0.25, 0.3) is 0 Å². The summed E-state index contributed by atoms with van der Waals surface area (Å²) in [5, 5.41) is 3.39. The monoisotopic (exact) mass is 262 g/mol. The van der Waals surface area contributed by atoms with Crippen molar-refractivity contribution in [3.05, 3.63) is 29.3 Å². The fourth-order valence-electron chi connectivity index (χ4n) is 2.70. The molecule has 3 heteroatoms. The molecule has 1 aliphatic heterocycles. The number of unbranched alkanes of at least 4 members (excludes halogenated alkanes) is 1. The second-order valence-corrected chi connectivity index (χ2v) is 5.35. The van der Waals surface area contributed by atoms with Crippen LogP contribution in [0.1, 0.15) is 24.0 Å². The number of piperazine rings is 1. The average molecular weight is 262 g/mol. The molecule has 1 heterocycles. The third kappa shape index (κ3) is 4.51. The molecule has 0 unspecified atom stereocenters. The van der Waals surface area contributed by atoms with E-state index in [0.29, 0.717) is 0 Å². The Bertz CT molecular complexity index is 386. The highest BCUT2D eigenvalue weighted by molar-refractivity contribution is 5.36. The number of nitrogens with one attached hydrogen (secondary N) is 1. The summed E-state index contributed by atoms with van der Waals surface area (Å²) in [4.78, 5) is 2.57. The molecule has 1 aromatic carbocycles. The van der Waals surface area contributed by atoms with E-state index in [1.54, 1.807) is 7.11 Å². The predicted octanol–water partition coefficient (Wildman–Crippen LogP) is 2.23. The second-order valence-electron chi connectivity index (χ2n) is 5.35. The standard InChI is InChI=1S/C16H26N2O/c1-14-13-15(6-7-16(14)19-2)5-3-4-10-18-11-8-17-9-12-18/h6-7,13,17H,3-5,8-12H2,1-2H3. The lowest BCUT2D eigenvalue weighted by Gasteiger charge is -2.27. The molecule has 1 N–H and O–H groups in total. The van der Waals surface area contributed by atoms with E-state index in [2.05, 4.69) is 35.3 Å². The summed E-state index contributed by atoms with van der Waals surface area (Å²) in [6.45, 7) is 8.08. The highest BCUT2D eigenvalue weighted by Crippen LogP contribution is 2.19. The lowest BCUT2D eigenvalue weighted by atomic mass is 10.0. The topological polar surface area (TPSA) is 24.5 Å². The molecule has 0 aliphatic carbocycles. The highest BCUT2D eigenvalue weighted by Gasteiger charge is 2.08. The zero-order valence-corrected chi connectivity index (χ0v) is 12.2. The molecule has 1 aromatic rings. The van der Waals surface area contributed by atoms with Crippen LogP contribution in [0.5, 0.6) is 5.75 Å². The molecule has 19 heavy (non-hydrogen) atoms. The van der Waals surface area contributed by atoms with Crippen molar-refractivity contribution in [3.63, 3.8) is 0 Å². The first-order valence-electron chi connectivity index (χ1n) is 7.36. The maximum absolute atomic E-state index is 5.29. The Hall–Kier alpha value is -1.06. The molecule has 0 spiro atoms. The Morgan fingerprint density at radius 1 is 1.21 bits per heavy atom. The molecular weight excluding hydrogens is 236 g/mol. The maximum atomic E-state index is 5.29. The Morgan fingerprint density at radius 3 is 2.68 bits per heavy atom. The van der Waals surface area contributed by atoms with E-state index < -0.39 is 0 Å². The zero-order chi connectivity index (χ0) is 13.5. The van der Waals surface area contributed by atoms with Crippen LogP contribution in [0, 0.1) is 6.92 Å². The number of ether oxygens (including phenoxy) is 1.